The number of nitrogens with one attached hydrogen (secondary N) is 1. The maximum Gasteiger partial charge on any atom is 0.433 e. The van der Waals surface area contributed by atoms with E-state index in [1.165, 1.54) is 6.07 Å². The fraction of sp³-hybridized carbons (Fsp3) is 0.455. The van der Waals surface area contributed by atoms with Crippen molar-refractivity contribution in [2.24, 2.45) is 5.73 Å². The first-order chi connectivity index (χ1) is 8.21. The molecule has 18 heavy (non-hydrogen) atoms. The molecule has 1 unspecified atom stereocenters. The van der Waals surface area contributed by atoms with Crippen molar-refractivity contribution in [2.75, 3.05) is 11.9 Å². The van der Waals surface area contributed by atoms with Crippen LogP contribution in [-0.4, -0.2) is 23.9 Å². The van der Waals surface area contributed by atoms with Crippen LogP contribution in [0.4, 0.5) is 18.9 Å². The third kappa shape index (κ3) is 3.61. The highest BCUT2D eigenvalue weighted by Crippen LogP contribution is 2.30. The summed E-state index contributed by atoms with van der Waals surface area (Å²) in [5.74, 6) is -0.000508. The molecular formula is C11H15F3N4. The molecule has 1 atom stereocenters. The van der Waals surface area contributed by atoms with Gasteiger partial charge in [-0.2, -0.15) is 13.2 Å². The van der Waals surface area contributed by atoms with Crippen LogP contribution in [0.15, 0.2) is 18.3 Å². The van der Waals surface area contributed by atoms with E-state index in [0.29, 0.717) is 12.1 Å². The number of hydrogen-bond acceptors (Lipinski definition) is 3. The van der Waals surface area contributed by atoms with Crippen molar-refractivity contribution in [1.29, 1.82) is 5.41 Å². The Morgan fingerprint density at radius 2 is 2.17 bits per heavy atom. The minimum atomic E-state index is -4.46. The molecule has 100 valence electrons. The van der Waals surface area contributed by atoms with Gasteiger partial charge in [-0.05, 0) is 19.1 Å². The van der Waals surface area contributed by atoms with E-state index in [2.05, 4.69) is 4.98 Å². The predicted octanol–water partition coefficient (Wildman–Crippen LogP) is 2.25. The molecule has 0 aliphatic carbocycles. The second kappa shape index (κ2) is 5.24. The van der Waals surface area contributed by atoms with Crippen molar-refractivity contribution in [3.8, 4) is 0 Å². The zero-order chi connectivity index (χ0) is 13.9. The Kier molecular flexibility index (Phi) is 4.15. The maximum absolute atomic E-state index is 12.5. The normalized spacial score (nSPS) is 13.2. The zero-order valence-electron chi connectivity index (χ0n) is 10.1. The van der Waals surface area contributed by atoms with E-state index in [1.54, 1.807) is 18.9 Å². The monoisotopic (exact) mass is 260 g/mol. The molecule has 0 amide bonds. The Morgan fingerprint density at radius 1 is 1.56 bits per heavy atom. The SMILES string of the molecule is CC(CC(=N)N)N(C)c1ccnc(C(F)(F)F)c1. The number of alkyl halides is 3. The fourth-order valence-corrected chi connectivity index (χ4v) is 1.50. The molecule has 1 aromatic rings. The predicted molar refractivity (Wildman–Crippen MR) is 63.6 cm³/mol. The third-order valence-corrected chi connectivity index (χ3v) is 2.62. The average Bonchev–Trinajstić information content (AvgIpc) is 2.26. The second-order valence-corrected chi connectivity index (χ2v) is 4.09. The second-order valence-electron chi connectivity index (χ2n) is 4.09. The Balaban J connectivity index is 2.93. The third-order valence-electron chi connectivity index (χ3n) is 2.62. The van der Waals surface area contributed by atoms with E-state index < -0.39 is 11.9 Å². The minimum Gasteiger partial charge on any atom is -0.388 e. The molecule has 1 rings (SSSR count). The summed E-state index contributed by atoms with van der Waals surface area (Å²) >= 11 is 0. The van der Waals surface area contributed by atoms with Crippen LogP contribution in [0.1, 0.15) is 19.0 Å². The first-order valence-electron chi connectivity index (χ1n) is 5.30. The molecule has 0 saturated carbocycles. The van der Waals surface area contributed by atoms with Gasteiger partial charge < -0.3 is 10.6 Å². The molecule has 0 spiro atoms. The number of anilines is 1. The lowest BCUT2D eigenvalue weighted by Crippen LogP contribution is -2.33. The summed E-state index contributed by atoms with van der Waals surface area (Å²) in [5, 5.41) is 7.18. The summed E-state index contributed by atoms with van der Waals surface area (Å²) in [6.45, 7) is 1.79. The number of rotatable bonds is 4. The molecule has 1 heterocycles. The summed E-state index contributed by atoms with van der Waals surface area (Å²) < 4.78 is 37.5. The highest BCUT2D eigenvalue weighted by molar-refractivity contribution is 5.78. The largest absolute Gasteiger partial charge is 0.433 e. The fourth-order valence-electron chi connectivity index (χ4n) is 1.50. The van der Waals surface area contributed by atoms with Gasteiger partial charge in [-0.1, -0.05) is 0 Å². The molecule has 0 aromatic carbocycles. The lowest BCUT2D eigenvalue weighted by Gasteiger charge is -2.27. The number of pyridine rings is 1. The van der Waals surface area contributed by atoms with Crippen molar-refractivity contribution in [3.63, 3.8) is 0 Å². The van der Waals surface area contributed by atoms with Gasteiger partial charge in [-0.3, -0.25) is 10.4 Å². The van der Waals surface area contributed by atoms with Gasteiger partial charge in [-0.15, -0.1) is 0 Å². The Bertz CT molecular complexity index is 431. The first kappa shape index (κ1) is 14.3. The molecule has 7 heteroatoms. The van der Waals surface area contributed by atoms with Gasteiger partial charge in [0.15, 0.2) is 0 Å². The van der Waals surface area contributed by atoms with Gasteiger partial charge in [0.25, 0.3) is 0 Å². The molecule has 3 N–H and O–H groups in total. The van der Waals surface area contributed by atoms with E-state index in [4.69, 9.17) is 11.1 Å². The van der Waals surface area contributed by atoms with Gasteiger partial charge >= 0.3 is 6.18 Å². The van der Waals surface area contributed by atoms with Crippen molar-refractivity contribution in [2.45, 2.75) is 25.6 Å². The zero-order valence-corrected chi connectivity index (χ0v) is 10.1. The van der Waals surface area contributed by atoms with E-state index in [9.17, 15) is 13.2 Å². The van der Waals surface area contributed by atoms with Gasteiger partial charge in [0.05, 0.1) is 5.84 Å². The van der Waals surface area contributed by atoms with Gasteiger partial charge in [0.2, 0.25) is 0 Å². The van der Waals surface area contributed by atoms with Crippen molar-refractivity contribution < 1.29 is 13.2 Å². The highest BCUT2D eigenvalue weighted by atomic mass is 19.4. The molecule has 0 fully saturated rings. The minimum absolute atomic E-state index is 0.000508. The van der Waals surface area contributed by atoms with Crippen LogP contribution in [0.2, 0.25) is 0 Å². The number of nitrogens with zero attached hydrogens (tertiary/aromatic N) is 2. The van der Waals surface area contributed by atoms with E-state index in [0.717, 1.165) is 12.3 Å². The van der Waals surface area contributed by atoms with Crippen molar-refractivity contribution >= 4 is 11.5 Å². The first-order valence-corrected chi connectivity index (χ1v) is 5.30. The molecule has 0 aliphatic heterocycles. The number of hydrogen-bond donors (Lipinski definition) is 2. The van der Waals surface area contributed by atoms with Gasteiger partial charge in [0.1, 0.15) is 5.69 Å². The van der Waals surface area contributed by atoms with Crippen LogP contribution >= 0.6 is 0 Å². The van der Waals surface area contributed by atoms with Crippen LogP contribution in [-0.2, 0) is 6.18 Å². The molecule has 0 radical (unpaired) electrons. The molecule has 0 aliphatic rings. The van der Waals surface area contributed by atoms with Crippen molar-refractivity contribution in [3.05, 3.63) is 24.0 Å². The number of aromatic nitrogens is 1. The Labute approximate surface area is 103 Å². The summed E-state index contributed by atoms with van der Waals surface area (Å²) in [4.78, 5) is 4.93. The summed E-state index contributed by atoms with van der Waals surface area (Å²) in [5.41, 5.74) is 4.74. The average molecular weight is 260 g/mol. The quantitative estimate of drug-likeness (QED) is 0.644. The van der Waals surface area contributed by atoms with E-state index in [-0.39, 0.29) is 11.9 Å². The van der Waals surface area contributed by atoms with E-state index in [1.807, 2.05) is 0 Å². The summed E-state index contributed by atoms with van der Waals surface area (Å²) in [6, 6.07) is 2.31. The Morgan fingerprint density at radius 3 is 2.67 bits per heavy atom. The van der Waals surface area contributed by atoms with Crippen LogP contribution < -0.4 is 10.6 Å². The van der Waals surface area contributed by atoms with E-state index >= 15 is 0 Å². The molecule has 0 bridgehead atoms. The number of halogens is 3. The number of nitrogens with two attached hydrogens (primary N) is 1. The summed E-state index contributed by atoms with van der Waals surface area (Å²) in [6.07, 6.45) is -3.05. The highest BCUT2D eigenvalue weighted by Gasteiger charge is 2.32. The van der Waals surface area contributed by atoms with Gasteiger partial charge in [-0.25, -0.2) is 0 Å². The maximum atomic E-state index is 12.5. The lowest BCUT2D eigenvalue weighted by molar-refractivity contribution is -0.141. The topological polar surface area (TPSA) is 66.0 Å². The molecule has 1 aromatic heterocycles. The number of amidine groups is 1. The van der Waals surface area contributed by atoms with Crippen LogP contribution in [0.5, 0.6) is 0 Å². The Hall–Kier alpha value is -1.79. The van der Waals surface area contributed by atoms with Crippen LogP contribution in [0, 0.1) is 5.41 Å². The molecule has 0 saturated heterocycles. The van der Waals surface area contributed by atoms with Gasteiger partial charge in [0, 0.05) is 31.4 Å². The molecule has 4 nitrogen and oxygen atoms in total. The standard InChI is InChI=1S/C11H15F3N4/c1-7(5-10(15)16)18(2)8-3-4-17-9(6-8)11(12,13)14/h3-4,6-7H,5H2,1-2H3,(H3,15,16). The van der Waals surface area contributed by atoms with Crippen LogP contribution in [0.25, 0.3) is 0 Å². The summed E-state index contributed by atoms with van der Waals surface area (Å²) in [7, 11) is 1.66. The van der Waals surface area contributed by atoms with Crippen molar-refractivity contribution in [1.82, 2.24) is 4.98 Å². The molecular weight excluding hydrogens is 245 g/mol. The lowest BCUT2D eigenvalue weighted by atomic mass is 10.1. The van der Waals surface area contributed by atoms with Crippen LogP contribution in [0.3, 0.4) is 0 Å². The smallest absolute Gasteiger partial charge is 0.388 e.